The lowest BCUT2D eigenvalue weighted by molar-refractivity contribution is -0.383. The maximum atomic E-state index is 14.4. The number of nitro groups is 1. The first-order valence-corrected chi connectivity index (χ1v) is 17.8. The molecule has 0 spiro atoms. The van der Waals surface area contributed by atoms with E-state index in [-0.39, 0.29) is 35.1 Å². The van der Waals surface area contributed by atoms with Crippen LogP contribution in [0.3, 0.4) is 0 Å². The number of carbonyl (C=O) groups excluding carboxylic acids is 1. The predicted molar refractivity (Wildman–Crippen MR) is 177 cm³/mol. The van der Waals surface area contributed by atoms with E-state index in [1.165, 1.54) is 35.7 Å². The molecule has 2 aromatic heterocycles. The number of rotatable bonds is 12. The standard InChI is InChI=1S/C31H38ClN5O7S2/c1-6-19(16-25-22(32)13-15-45-25)36(46(41,42)20-10-8-18(3)9-11-20)24-12-14-34-29(26(24)37(39)40)35-23-17-21(30(38)33-7-2)27-28(23)44-31(4,5)43-27/h8-15,19,21,23,27-28H,6-7,16-17H2,1-5H3,(H,33,38)(H,34,35)/t19-,21+,23?,27?,28?/m1/s1. The van der Waals surface area contributed by atoms with E-state index >= 15 is 0 Å². The number of ether oxygens (including phenoxy) is 2. The Bertz CT molecular complexity index is 1700. The molecule has 248 valence electrons. The van der Waals surface area contributed by atoms with Gasteiger partial charge in [-0.15, -0.1) is 11.3 Å². The molecule has 1 aromatic carbocycles. The van der Waals surface area contributed by atoms with Crippen LogP contribution in [0.1, 0.15) is 51.0 Å². The van der Waals surface area contributed by atoms with Crippen molar-refractivity contribution in [1.29, 1.82) is 0 Å². The largest absolute Gasteiger partial charge is 0.359 e. The third-order valence-corrected chi connectivity index (χ3v) is 11.6. The van der Waals surface area contributed by atoms with Crippen LogP contribution in [0, 0.1) is 23.0 Å². The van der Waals surface area contributed by atoms with Gasteiger partial charge in [0.2, 0.25) is 11.7 Å². The normalized spacial score (nSPS) is 22.7. The number of nitrogens with one attached hydrogen (secondary N) is 2. The van der Waals surface area contributed by atoms with Crippen molar-refractivity contribution >= 4 is 56.1 Å². The van der Waals surface area contributed by atoms with Crippen molar-refractivity contribution in [2.24, 2.45) is 5.92 Å². The van der Waals surface area contributed by atoms with Crippen molar-refractivity contribution in [2.45, 2.75) is 88.9 Å². The van der Waals surface area contributed by atoms with Crippen molar-refractivity contribution in [3.63, 3.8) is 0 Å². The van der Waals surface area contributed by atoms with Crippen molar-refractivity contribution < 1.29 is 27.6 Å². The Hall–Kier alpha value is -3.30. The number of halogens is 1. The Labute approximate surface area is 277 Å². The van der Waals surface area contributed by atoms with Gasteiger partial charge in [0.05, 0.1) is 32.8 Å². The number of fused-ring (bicyclic) bond motifs is 1. The molecule has 0 radical (unpaired) electrons. The highest BCUT2D eigenvalue weighted by Gasteiger charge is 2.56. The molecule has 3 heterocycles. The van der Waals surface area contributed by atoms with Crippen LogP contribution in [0.5, 0.6) is 0 Å². The van der Waals surface area contributed by atoms with Crippen LogP contribution >= 0.6 is 22.9 Å². The number of anilines is 2. The third kappa shape index (κ3) is 6.72. The average molecular weight is 692 g/mol. The van der Waals surface area contributed by atoms with E-state index in [0.717, 1.165) is 14.7 Å². The molecule has 1 saturated carbocycles. The second-order valence-corrected chi connectivity index (χ2v) is 15.1. The first-order chi connectivity index (χ1) is 21.8. The van der Waals surface area contributed by atoms with Crippen molar-refractivity contribution in [2.75, 3.05) is 16.2 Å². The number of pyridine rings is 1. The molecular formula is C31H38ClN5O7S2. The number of amides is 1. The number of benzene rings is 1. The SMILES string of the molecule is CCNC(=O)[C@H]1CC(Nc2nccc(N([C@H](CC)Cc3sccc3Cl)S(=O)(=O)c3ccc(C)cc3)c2[N+](=O)[O-])C2OC(C)(C)OC21. The summed E-state index contributed by atoms with van der Waals surface area (Å²) in [6.07, 6.45) is 0.991. The van der Waals surface area contributed by atoms with E-state index in [9.17, 15) is 23.3 Å². The maximum absolute atomic E-state index is 14.4. The van der Waals surface area contributed by atoms with Gasteiger partial charge in [-0.3, -0.25) is 19.2 Å². The minimum Gasteiger partial charge on any atom is -0.359 e. The number of thiophene rings is 1. The van der Waals surface area contributed by atoms with Crippen molar-refractivity contribution in [3.05, 3.63) is 73.6 Å². The van der Waals surface area contributed by atoms with Gasteiger partial charge in [-0.25, -0.2) is 13.4 Å². The first kappa shape index (κ1) is 34.0. The Morgan fingerprint density at radius 2 is 1.89 bits per heavy atom. The van der Waals surface area contributed by atoms with Crippen LogP contribution in [-0.2, 0) is 30.7 Å². The molecule has 15 heteroatoms. The van der Waals surface area contributed by atoms with Gasteiger partial charge < -0.3 is 20.1 Å². The van der Waals surface area contributed by atoms with Gasteiger partial charge in [-0.2, -0.15) is 0 Å². The summed E-state index contributed by atoms with van der Waals surface area (Å²) in [6.45, 7) is 9.42. The summed E-state index contributed by atoms with van der Waals surface area (Å²) in [4.78, 5) is 30.3. The lowest BCUT2D eigenvalue weighted by Crippen LogP contribution is -2.42. The van der Waals surface area contributed by atoms with Crippen molar-refractivity contribution in [1.82, 2.24) is 10.3 Å². The lowest BCUT2D eigenvalue weighted by atomic mass is 10.0. The van der Waals surface area contributed by atoms with E-state index in [2.05, 4.69) is 15.6 Å². The van der Waals surface area contributed by atoms with Crippen LogP contribution in [0.25, 0.3) is 0 Å². The topological polar surface area (TPSA) is 153 Å². The Morgan fingerprint density at radius 1 is 1.20 bits per heavy atom. The van der Waals surface area contributed by atoms with E-state index in [0.29, 0.717) is 18.0 Å². The van der Waals surface area contributed by atoms with E-state index in [4.69, 9.17) is 21.1 Å². The summed E-state index contributed by atoms with van der Waals surface area (Å²) in [5.41, 5.74) is 0.220. The lowest BCUT2D eigenvalue weighted by Gasteiger charge is -2.32. The van der Waals surface area contributed by atoms with Gasteiger partial charge in [0.15, 0.2) is 5.79 Å². The quantitative estimate of drug-likeness (QED) is 0.180. The van der Waals surface area contributed by atoms with Crippen LogP contribution < -0.4 is 14.9 Å². The van der Waals surface area contributed by atoms with E-state index in [1.54, 1.807) is 32.0 Å². The summed E-state index contributed by atoms with van der Waals surface area (Å²) in [5, 5.41) is 21.2. The molecule has 5 rings (SSSR count). The number of aromatic nitrogens is 1. The van der Waals surface area contributed by atoms with Crippen LogP contribution in [0.4, 0.5) is 17.2 Å². The smallest absolute Gasteiger partial charge is 0.335 e. The molecule has 1 amide bonds. The fraction of sp³-hybridized carbons (Fsp3) is 0.484. The van der Waals surface area contributed by atoms with Gasteiger partial charge in [0.25, 0.3) is 10.0 Å². The highest BCUT2D eigenvalue weighted by Crippen LogP contribution is 2.45. The fourth-order valence-corrected chi connectivity index (χ4v) is 9.11. The summed E-state index contributed by atoms with van der Waals surface area (Å²) in [6, 6.07) is 8.13. The van der Waals surface area contributed by atoms with Crippen LogP contribution in [-0.4, -0.2) is 60.9 Å². The highest BCUT2D eigenvalue weighted by molar-refractivity contribution is 7.92. The number of sulfonamides is 1. The van der Waals surface area contributed by atoms with Gasteiger partial charge in [0.1, 0.15) is 17.9 Å². The molecule has 3 aromatic rings. The van der Waals surface area contributed by atoms with Crippen LogP contribution in [0.15, 0.2) is 52.9 Å². The van der Waals surface area contributed by atoms with Gasteiger partial charge in [-0.1, -0.05) is 36.2 Å². The minimum absolute atomic E-state index is 0.00315. The molecule has 2 fully saturated rings. The second-order valence-electron chi connectivity index (χ2n) is 11.9. The number of aryl methyl sites for hydroxylation is 1. The molecule has 12 nitrogen and oxygen atoms in total. The van der Waals surface area contributed by atoms with Gasteiger partial charge >= 0.3 is 5.69 Å². The Kier molecular flexibility index (Phi) is 9.94. The van der Waals surface area contributed by atoms with Crippen molar-refractivity contribution in [3.8, 4) is 0 Å². The number of carbonyl (C=O) groups is 1. The van der Waals surface area contributed by atoms with Crippen LogP contribution in [0.2, 0.25) is 5.02 Å². The number of hydrogen-bond donors (Lipinski definition) is 2. The van der Waals surface area contributed by atoms with E-state index < -0.39 is 56.6 Å². The summed E-state index contributed by atoms with van der Waals surface area (Å²) < 4.78 is 42.3. The first-order valence-electron chi connectivity index (χ1n) is 15.1. The average Bonchev–Trinajstić information content (AvgIpc) is 3.65. The maximum Gasteiger partial charge on any atom is 0.335 e. The zero-order valence-electron chi connectivity index (χ0n) is 26.2. The molecule has 2 aliphatic rings. The molecule has 1 saturated heterocycles. The molecule has 0 bridgehead atoms. The molecule has 1 aliphatic carbocycles. The van der Waals surface area contributed by atoms with E-state index in [1.807, 2.05) is 26.2 Å². The molecule has 1 aliphatic heterocycles. The summed E-state index contributed by atoms with van der Waals surface area (Å²) in [7, 11) is -4.32. The number of nitrogens with zero attached hydrogens (tertiary/aromatic N) is 3. The Morgan fingerprint density at radius 3 is 2.50 bits per heavy atom. The predicted octanol–water partition coefficient (Wildman–Crippen LogP) is 5.69. The summed E-state index contributed by atoms with van der Waals surface area (Å²) >= 11 is 7.82. The third-order valence-electron chi connectivity index (χ3n) is 8.29. The zero-order chi connectivity index (χ0) is 33.4. The molecular weight excluding hydrogens is 654 g/mol. The monoisotopic (exact) mass is 691 g/mol. The zero-order valence-corrected chi connectivity index (χ0v) is 28.6. The number of hydrogen-bond acceptors (Lipinski definition) is 10. The fourth-order valence-electron chi connectivity index (χ4n) is 6.19. The highest BCUT2D eigenvalue weighted by atomic mass is 35.5. The Balaban J connectivity index is 1.60. The second kappa shape index (κ2) is 13.4. The van der Waals surface area contributed by atoms with Gasteiger partial charge in [-0.05, 0) is 70.2 Å². The minimum atomic E-state index is -4.32. The molecule has 46 heavy (non-hydrogen) atoms. The molecule has 5 atom stereocenters. The van der Waals surface area contributed by atoms with Gasteiger partial charge in [0, 0.05) is 24.0 Å². The molecule has 2 N–H and O–H groups in total. The molecule has 3 unspecified atom stereocenters. The summed E-state index contributed by atoms with van der Waals surface area (Å²) in [5.74, 6) is -1.88.